The maximum Gasteiger partial charge on any atom is 0.261 e. The quantitative estimate of drug-likeness (QED) is 0.670. The van der Waals surface area contributed by atoms with E-state index in [0.29, 0.717) is 29.6 Å². The molecule has 2 aromatic carbocycles. The number of benzene rings is 2. The largest absolute Gasteiger partial charge is 0.340 e. The summed E-state index contributed by atoms with van der Waals surface area (Å²) in [5.74, 6) is 0.788. The molecule has 0 atom stereocenters. The van der Waals surface area contributed by atoms with Crippen LogP contribution in [0.3, 0.4) is 0 Å². The first kappa shape index (κ1) is 19.3. The van der Waals surface area contributed by atoms with Crippen molar-refractivity contribution in [1.82, 2.24) is 19.4 Å². The Morgan fingerprint density at radius 3 is 2.41 bits per heavy atom. The predicted molar refractivity (Wildman–Crippen MR) is 114 cm³/mol. The molecular weight excluding hydrogens is 364 g/mol. The number of para-hydroxylation sites is 1. The number of aryl methyl sites for hydroxylation is 1. The summed E-state index contributed by atoms with van der Waals surface area (Å²) in [5, 5.41) is 0.611. The van der Waals surface area contributed by atoms with Crippen molar-refractivity contribution in [3.8, 4) is 0 Å². The van der Waals surface area contributed by atoms with Crippen LogP contribution in [0.1, 0.15) is 17.8 Å². The molecule has 0 saturated carbocycles. The highest BCUT2D eigenvalue weighted by Crippen LogP contribution is 2.12. The van der Waals surface area contributed by atoms with Gasteiger partial charge in [0.2, 0.25) is 5.91 Å². The van der Waals surface area contributed by atoms with Crippen molar-refractivity contribution < 1.29 is 4.79 Å². The van der Waals surface area contributed by atoms with E-state index < -0.39 is 0 Å². The van der Waals surface area contributed by atoms with Crippen molar-refractivity contribution in [2.75, 3.05) is 26.2 Å². The minimum atomic E-state index is -0.0624. The lowest BCUT2D eigenvalue weighted by molar-refractivity contribution is -0.133. The summed E-state index contributed by atoms with van der Waals surface area (Å²) in [6.45, 7) is 4.18. The second-order valence-corrected chi connectivity index (χ2v) is 7.55. The van der Waals surface area contributed by atoms with Gasteiger partial charge < -0.3 is 4.90 Å². The highest BCUT2D eigenvalue weighted by atomic mass is 16.2. The van der Waals surface area contributed by atoms with Crippen LogP contribution in [-0.2, 0) is 24.8 Å². The number of rotatable bonds is 5. The van der Waals surface area contributed by atoms with Gasteiger partial charge in [-0.3, -0.25) is 19.1 Å². The molecule has 1 aliphatic heterocycles. The Morgan fingerprint density at radius 1 is 0.966 bits per heavy atom. The van der Waals surface area contributed by atoms with E-state index in [4.69, 9.17) is 0 Å². The third-order valence-electron chi connectivity index (χ3n) is 5.61. The van der Waals surface area contributed by atoms with Crippen molar-refractivity contribution in [2.24, 2.45) is 7.05 Å². The molecule has 2 heterocycles. The predicted octanol–water partition coefficient (Wildman–Crippen LogP) is 2.21. The molecule has 0 N–H and O–H groups in total. The van der Waals surface area contributed by atoms with E-state index in [9.17, 15) is 9.59 Å². The van der Waals surface area contributed by atoms with E-state index in [0.717, 1.165) is 32.7 Å². The van der Waals surface area contributed by atoms with Crippen molar-refractivity contribution in [3.63, 3.8) is 0 Å². The van der Waals surface area contributed by atoms with Crippen LogP contribution in [0.25, 0.3) is 10.9 Å². The van der Waals surface area contributed by atoms with Crippen LogP contribution in [0.15, 0.2) is 59.4 Å². The monoisotopic (exact) mass is 390 g/mol. The third kappa shape index (κ3) is 4.38. The Hall–Kier alpha value is -2.99. The molecule has 1 aromatic heterocycles. The number of carbonyl (C=O) groups is 1. The SMILES string of the molecule is Cn1c(CCC(=O)N2CCN(Cc3ccccc3)CC2)nc2ccccc2c1=O. The zero-order valence-corrected chi connectivity index (χ0v) is 16.8. The van der Waals surface area contributed by atoms with Crippen molar-refractivity contribution in [2.45, 2.75) is 19.4 Å². The molecule has 1 saturated heterocycles. The van der Waals surface area contributed by atoms with Crippen molar-refractivity contribution in [3.05, 3.63) is 76.3 Å². The summed E-state index contributed by atoms with van der Waals surface area (Å²) in [7, 11) is 1.73. The van der Waals surface area contributed by atoms with Gasteiger partial charge >= 0.3 is 0 Å². The van der Waals surface area contributed by atoms with E-state index in [-0.39, 0.29) is 11.5 Å². The lowest BCUT2D eigenvalue weighted by Crippen LogP contribution is -2.48. The molecule has 1 fully saturated rings. The maximum atomic E-state index is 12.7. The Bertz CT molecular complexity index is 1050. The van der Waals surface area contributed by atoms with Crippen LogP contribution in [0.5, 0.6) is 0 Å². The van der Waals surface area contributed by atoms with Crippen LogP contribution >= 0.6 is 0 Å². The molecule has 4 rings (SSSR count). The fourth-order valence-electron chi connectivity index (χ4n) is 3.86. The standard InChI is InChI=1S/C23H26N4O2/c1-25-21(24-20-10-6-5-9-19(20)23(25)29)11-12-22(28)27-15-13-26(14-16-27)17-18-7-3-2-4-8-18/h2-10H,11-17H2,1H3. The summed E-state index contributed by atoms with van der Waals surface area (Å²) in [4.78, 5) is 34.1. The molecule has 1 amide bonds. The zero-order chi connectivity index (χ0) is 20.2. The van der Waals surface area contributed by atoms with Gasteiger partial charge in [0.15, 0.2) is 0 Å². The summed E-state index contributed by atoms with van der Waals surface area (Å²) < 4.78 is 1.56. The second-order valence-electron chi connectivity index (χ2n) is 7.55. The lowest BCUT2D eigenvalue weighted by atomic mass is 10.2. The highest BCUT2D eigenvalue weighted by Gasteiger charge is 2.21. The molecule has 1 aliphatic rings. The van der Waals surface area contributed by atoms with Crippen LogP contribution in [0, 0.1) is 0 Å². The summed E-state index contributed by atoms with van der Waals surface area (Å²) in [6, 6.07) is 17.8. The number of piperazine rings is 1. The van der Waals surface area contributed by atoms with Gasteiger partial charge in [-0.05, 0) is 17.7 Å². The fraction of sp³-hybridized carbons (Fsp3) is 0.348. The van der Waals surface area contributed by atoms with E-state index in [1.807, 2.05) is 29.2 Å². The van der Waals surface area contributed by atoms with Gasteiger partial charge in [0.25, 0.3) is 5.56 Å². The molecule has 0 radical (unpaired) electrons. The van der Waals surface area contributed by atoms with Gasteiger partial charge in [-0.25, -0.2) is 4.98 Å². The number of carbonyl (C=O) groups excluding carboxylic acids is 1. The number of amides is 1. The Kier molecular flexibility index (Phi) is 5.71. The minimum absolute atomic E-state index is 0.0624. The summed E-state index contributed by atoms with van der Waals surface area (Å²) in [6.07, 6.45) is 0.844. The average molecular weight is 390 g/mol. The zero-order valence-electron chi connectivity index (χ0n) is 16.8. The maximum absolute atomic E-state index is 12.7. The summed E-state index contributed by atoms with van der Waals surface area (Å²) >= 11 is 0. The second kappa shape index (κ2) is 8.57. The van der Waals surface area contributed by atoms with E-state index in [1.165, 1.54) is 5.56 Å². The van der Waals surface area contributed by atoms with Crippen LogP contribution in [0.4, 0.5) is 0 Å². The molecule has 150 valence electrons. The van der Waals surface area contributed by atoms with Crippen molar-refractivity contribution >= 4 is 16.8 Å². The molecule has 0 spiro atoms. The topological polar surface area (TPSA) is 58.4 Å². The normalized spacial score (nSPS) is 15.0. The highest BCUT2D eigenvalue weighted by molar-refractivity contribution is 5.78. The number of aromatic nitrogens is 2. The lowest BCUT2D eigenvalue weighted by Gasteiger charge is -2.34. The summed E-state index contributed by atoms with van der Waals surface area (Å²) in [5.41, 5.74) is 1.93. The molecule has 3 aromatic rings. The third-order valence-corrected chi connectivity index (χ3v) is 5.61. The van der Waals surface area contributed by atoms with Gasteiger partial charge in [0.05, 0.1) is 10.9 Å². The van der Waals surface area contributed by atoms with Gasteiger partial charge in [-0.2, -0.15) is 0 Å². The van der Waals surface area contributed by atoms with Gasteiger partial charge in [-0.1, -0.05) is 42.5 Å². The Morgan fingerprint density at radius 2 is 1.66 bits per heavy atom. The minimum Gasteiger partial charge on any atom is -0.340 e. The van der Waals surface area contributed by atoms with Gasteiger partial charge in [0.1, 0.15) is 5.82 Å². The first-order valence-corrected chi connectivity index (χ1v) is 10.1. The van der Waals surface area contributed by atoms with Gasteiger partial charge in [-0.15, -0.1) is 0 Å². The molecular formula is C23H26N4O2. The van der Waals surface area contributed by atoms with Crippen LogP contribution < -0.4 is 5.56 Å². The number of fused-ring (bicyclic) bond motifs is 1. The molecule has 0 aliphatic carbocycles. The first-order chi connectivity index (χ1) is 14.1. The van der Waals surface area contributed by atoms with E-state index in [2.05, 4.69) is 34.1 Å². The number of nitrogens with zero attached hydrogens (tertiary/aromatic N) is 4. The molecule has 0 unspecified atom stereocenters. The molecule has 29 heavy (non-hydrogen) atoms. The number of hydrogen-bond donors (Lipinski definition) is 0. The molecule has 6 heteroatoms. The van der Waals surface area contributed by atoms with Gasteiger partial charge in [0, 0.05) is 52.6 Å². The molecule has 6 nitrogen and oxygen atoms in total. The molecule has 0 bridgehead atoms. The fourth-order valence-corrected chi connectivity index (χ4v) is 3.86. The van der Waals surface area contributed by atoms with Crippen LogP contribution in [0.2, 0.25) is 0 Å². The smallest absolute Gasteiger partial charge is 0.261 e. The van der Waals surface area contributed by atoms with E-state index in [1.54, 1.807) is 17.7 Å². The number of hydrogen-bond acceptors (Lipinski definition) is 4. The van der Waals surface area contributed by atoms with E-state index >= 15 is 0 Å². The Labute approximate surface area is 170 Å². The first-order valence-electron chi connectivity index (χ1n) is 10.1. The van der Waals surface area contributed by atoms with Crippen molar-refractivity contribution in [1.29, 1.82) is 0 Å². The Balaban J connectivity index is 1.33. The average Bonchev–Trinajstić information content (AvgIpc) is 2.76. The van der Waals surface area contributed by atoms with Crippen LogP contribution in [-0.4, -0.2) is 51.4 Å².